The molecule has 0 saturated carbocycles. The maximum absolute atomic E-state index is 6.25. The number of hydrogen-bond donors (Lipinski definition) is 1. The molecule has 0 bridgehead atoms. The number of fused-ring (bicyclic) bond motifs is 3. The van der Waals surface area contributed by atoms with Crippen molar-refractivity contribution >= 4 is 17.3 Å². The molecule has 0 unspecified atom stereocenters. The Morgan fingerprint density at radius 1 is 0.846 bits per heavy atom. The summed E-state index contributed by atoms with van der Waals surface area (Å²) in [6.07, 6.45) is 5.82. The molecule has 0 saturated heterocycles. The fraction of sp³-hybridized carbons (Fsp3) is 0.167. The quantitative estimate of drug-likeness (QED) is 0.495. The lowest BCUT2D eigenvalue weighted by molar-refractivity contribution is 0.425. The summed E-state index contributed by atoms with van der Waals surface area (Å²) in [6, 6.07) is 26.0. The van der Waals surface area contributed by atoms with Crippen LogP contribution in [-0.4, -0.2) is 0 Å². The van der Waals surface area contributed by atoms with Crippen LogP contribution in [0.25, 0.3) is 11.1 Å². The molecule has 0 fully saturated rings. The van der Waals surface area contributed by atoms with Gasteiger partial charge in [0.05, 0.1) is 6.04 Å². The molecule has 3 atom stereocenters. The van der Waals surface area contributed by atoms with Crippen LogP contribution in [0.5, 0.6) is 0 Å². The van der Waals surface area contributed by atoms with Gasteiger partial charge in [0.2, 0.25) is 0 Å². The third kappa shape index (κ3) is 2.64. The predicted octanol–water partition coefficient (Wildman–Crippen LogP) is 6.83. The molecule has 1 heterocycles. The molecule has 1 aliphatic heterocycles. The molecular formula is C24H20ClN. The van der Waals surface area contributed by atoms with Crippen LogP contribution in [0.3, 0.4) is 0 Å². The van der Waals surface area contributed by atoms with Crippen LogP contribution in [0.15, 0.2) is 84.9 Å². The second-order valence-electron chi connectivity index (χ2n) is 7.20. The van der Waals surface area contributed by atoms with E-state index in [4.69, 9.17) is 11.6 Å². The molecule has 3 aromatic rings. The van der Waals surface area contributed by atoms with Gasteiger partial charge < -0.3 is 5.32 Å². The Morgan fingerprint density at radius 3 is 2.58 bits per heavy atom. The summed E-state index contributed by atoms with van der Waals surface area (Å²) in [5, 5.41) is 4.59. The highest BCUT2D eigenvalue weighted by atomic mass is 35.5. The van der Waals surface area contributed by atoms with Crippen molar-refractivity contribution in [2.75, 3.05) is 5.32 Å². The van der Waals surface area contributed by atoms with Gasteiger partial charge in [0, 0.05) is 16.6 Å². The first-order valence-electron chi connectivity index (χ1n) is 9.17. The fourth-order valence-corrected chi connectivity index (χ4v) is 4.63. The van der Waals surface area contributed by atoms with Crippen molar-refractivity contribution < 1.29 is 0 Å². The van der Waals surface area contributed by atoms with E-state index < -0.39 is 0 Å². The molecule has 128 valence electrons. The molecule has 1 aliphatic carbocycles. The van der Waals surface area contributed by atoms with Gasteiger partial charge in [0.1, 0.15) is 0 Å². The van der Waals surface area contributed by atoms with E-state index >= 15 is 0 Å². The average molecular weight is 358 g/mol. The lowest BCUT2D eigenvalue weighted by Crippen LogP contribution is -2.29. The van der Waals surface area contributed by atoms with Crippen LogP contribution >= 0.6 is 11.6 Å². The monoisotopic (exact) mass is 357 g/mol. The van der Waals surface area contributed by atoms with E-state index in [1.54, 1.807) is 0 Å². The summed E-state index contributed by atoms with van der Waals surface area (Å²) in [5.41, 5.74) is 6.47. The zero-order valence-electron chi connectivity index (χ0n) is 14.4. The van der Waals surface area contributed by atoms with Crippen LogP contribution in [0.1, 0.15) is 29.5 Å². The normalized spacial score (nSPS) is 23.2. The van der Waals surface area contributed by atoms with E-state index in [9.17, 15) is 0 Å². The Hall–Kier alpha value is -2.51. The number of hydrogen-bond acceptors (Lipinski definition) is 1. The molecule has 0 amide bonds. The second kappa shape index (κ2) is 6.34. The molecule has 0 spiro atoms. The van der Waals surface area contributed by atoms with Crippen LogP contribution in [0.2, 0.25) is 5.02 Å². The van der Waals surface area contributed by atoms with Gasteiger partial charge in [-0.25, -0.2) is 0 Å². The minimum absolute atomic E-state index is 0.295. The highest BCUT2D eigenvalue weighted by Crippen LogP contribution is 2.50. The number of anilines is 1. The fourth-order valence-electron chi connectivity index (χ4n) is 4.43. The highest BCUT2D eigenvalue weighted by Gasteiger charge is 2.37. The van der Waals surface area contributed by atoms with Crippen LogP contribution in [0.4, 0.5) is 5.69 Å². The van der Waals surface area contributed by atoms with Crippen molar-refractivity contribution in [1.29, 1.82) is 0 Å². The van der Waals surface area contributed by atoms with Gasteiger partial charge >= 0.3 is 0 Å². The van der Waals surface area contributed by atoms with E-state index in [2.05, 4.69) is 78.1 Å². The molecule has 0 aromatic heterocycles. The Balaban J connectivity index is 1.57. The van der Waals surface area contributed by atoms with Gasteiger partial charge in [-0.15, -0.1) is 0 Å². The molecule has 1 N–H and O–H groups in total. The summed E-state index contributed by atoms with van der Waals surface area (Å²) in [6.45, 7) is 0. The van der Waals surface area contributed by atoms with Crippen LogP contribution in [-0.2, 0) is 0 Å². The molecular weight excluding hydrogens is 338 g/mol. The largest absolute Gasteiger partial charge is 0.378 e. The van der Waals surface area contributed by atoms with Crippen molar-refractivity contribution in [3.63, 3.8) is 0 Å². The molecule has 26 heavy (non-hydrogen) atoms. The van der Waals surface area contributed by atoms with E-state index in [-0.39, 0.29) is 0 Å². The van der Waals surface area contributed by atoms with Gasteiger partial charge in [-0.2, -0.15) is 0 Å². The Labute approximate surface area is 159 Å². The van der Waals surface area contributed by atoms with E-state index in [0.29, 0.717) is 17.9 Å². The zero-order chi connectivity index (χ0) is 17.5. The van der Waals surface area contributed by atoms with Gasteiger partial charge in [-0.1, -0.05) is 72.3 Å². The highest BCUT2D eigenvalue weighted by molar-refractivity contribution is 6.30. The summed E-state index contributed by atoms with van der Waals surface area (Å²) in [5.74, 6) is 0.992. The Morgan fingerprint density at radius 2 is 1.73 bits per heavy atom. The summed E-state index contributed by atoms with van der Waals surface area (Å²) < 4.78 is 0. The summed E-state index contributed by atoms with van der Waals surface area (Å²) in [7, 11) is 0. The number of allylic oxidation sites excluding steroid dienone is 2. The third-order valence-corrected chi connectivity index (χ3v) is 5.91. The summed E-state index contributed by atoms with van der Waals surface area (Å²) >= 11 is 6.25. The first-order valence-corrected chi connectivity index (χ1v) is 9.55. The van der Waals surface area contributed by atoms with Gasteiger partial charge in [-0.3, -0.25) is 0 Å². The molecule has 2 aliphatic rings. The van der Waals surface area contributed by atoms with Crippen LogP contribution < -0.4 is 5.32 Å². The maximum Gasteiger partial charge on any atom is 0.0554 e. The van der Waals surface area contributed by atoms with Crippen LogP contribution in [0, 0.1) is 5.92 Å². The molecule has 3 aromatic carbocycles. The first-order chi connectivity index (χ1) is 12.8. The molecule has 2 heteroatoms. The lowest BCUT2D eigenvalue weighted by atomic mass is 9.76. The maximum atomic E-state index is 6.25. The average Bonchev–Trinajstić information content (AvgIpc) is 3.18. The van der Waals surface area contributed by atoms with E-state index in [1.165, 1.54) is 27.9 Å². The van der Waals surface area contributed by atoms with Gasteiger partial charge in [0.25, 0.3) is 0 Å². The first kappa shape index (κ1) is 15.7. The minimum Gasteiger partial charge on any atom is -0.378 e. The number of nitrogens with one attached hydrogen (secondary N) is 1. The van der Waals surface area contributed by atoms with E-state index in [0.717, 1.165) is 11.4 Å². The van der Waals surface area contributed by atoms with Gasteiger partial charge in [0.15, 0.2) is 0 Å². The second-order valence-corrected chi connectivity index (χ2v) is 7.63. The van der Waals surface area contributed by atoms with Gasteiger partial charge in [-0.05, 0) is 58.9 Å². The molecule has 1 nitrogen and oxygen atoms in total. The SMILES string of the molecule is Clc1cccc([C@@H]2Nc3ccc(-c4ccccc4)cc3[C@H]3C=CC[C@@H]32)c1. The predicted molar refractivity (Wildman–Crippen MR) is 110 cm³/mol. The number of benzene rings is 3. The third-order valence-electron chi connectivity index (χ3n) is 5.68. The van der Waals surface area contributed by atoms with Crippen molar-refractivity contribution in [2.24, 2.45) is 5.92 Å². The minimum atomic E-state index is 0.295. The molecule has 5 rings (SSSR count). The van der Waals surface area contributed by atoms with Crippen molar-refractivity contribution in [2.45, 2.75) is 18.4 Å². The smallest absolute Gasteiger partial charge is 0.0554 e. The van der Waals surface area contributed by atoms with Crippen molar-refractivity contribution in [1.82, 2.24) is 0 Å². The Kier molecular flexibility index (Phi) is 3.83. The van der Waals surface area contributed by atoms with E-state index in [1.807, 2.05) is 12.1 Å². The number of rotatable bonds is 2. The molecule has 0 radical (unpaired) electrons. The van der Waals surface area contributed by atoms with Crippen molar-refractivity contribution in [3.05, 3.63) is 101 Å². The lowest BCUT2D eigenvalue weighted by Gasteiger charge is -2.38. The van der Waals surface area contributed by atoms with Crippen molar-refractivity contribution in [3.8, 4) is 11.1 Å². The number of halogens is 1. The standard InChI is InChI=1S/C24H20ClN/c25-19-9-4-8-18(14-19)24-21-11-5-10-20(21)22-15-17(12-13-23(22)26-24)16-6-2-1-3-7-16/h1-10,12-15,20-21,24,26H,11H2/t20-,21-,24-/m0/s1. The Bertz CT molecular complexity index is 977. The summed E-state index contributed by atoms with van der Waals surface area (Å²) in [4.78, 5) is 0. The zero-order valence-corrected chi connectivity index (χ0v) is 15.2. The topological polar surface area (TPSA) is 12.0 Å².